The van der Waals surface area contributed by atoms with Crippen molar-refractivity contribution >= 4 is 21.6 Å². The lowest BCUT2D eigenvalue weighted by Gasteiger charge is -2.41. The molecule has 0 N–H and O–H groups in total. The van der Waals surface area contributed by atoms with Crippen molar-refractivity contribution in [3.8, 4) is 0 Å². The van der Waals surface area contributed by atoms with Crippen LogP contribution in [0.15, 0.2) is 11.3 Å². The molecule has 1 aliphatic heterocycles. The Balaban J connectivity index is 3.39. The minimum absolute atomic E-state index is 0.205. The van der Waals surface area contributed by atoms with E-state index in [1.54, 1.807) is 11.3 Å². The maximum absolute atomic E-state index is 2.88. The van der Waals surface area contributed by atoms with Gasteiger partial charge in [0.25, 0.3) is 0 Å². The molecule has 0 aromatic heterocycles. The highest BCUT2D eigenvalue weighted by atomic mass is 29.2. The molecule has 0 aliphatic carbocycles. The van der Waals surface area contributed by atoms with Crippen LogP contribution in [0.2, 0.25) is 12.1 Å². The largest absolute Gasteiger partial charge is 0.403 e. The molecule has 0 saturated carbocycles. The molecule has 0 aromatic rings. The Morgan fingerprint density at radius 1 is 0.944 bits per heavy atom. The third kappa shape index (κ3) is 2.72. The molecule has 1 aliphatic rings. The average molecular weight is 282 g/mol. The average Bonchev–Trinajstić information content (AvgIpc) is 2.43. The molecule has 0 bridgehead atoms. The highest BCUT2D eigenvalue weighted by Gasteiger charge is 2.31. The van der Waals surface area contributed by atoms with E-state index in [9.17, 15) is 0 Å². The van der Waals surface area contributed by atoms with Crippen LogP contribution in [0.1, 0.15) is 60.8 Å². The first kappa shape index (κ1) is 15.9. The van der Waals surface area contributed by atoms with Crippen LogP contribution in [-0.2, 0) is 0 Å². The molecular formula is C15H31NSi2. The van der Waals surface area contributed by atoms with Crippen molar-refractivity contribution < 1.29 is 0 Å². The molecule has 104 valence electrons. The molecule has 1 heterocycles. The zero-order chi connectivity index (χ0) is 13.7. The van der Waals surface area contributed by atoms with Crippen molar-refractivity contribution in [1.29, 1.82) is 0 Å². The Kier molecular flexibility index (Phi) is 6.57. The first-order valence-corrected chi connectivity index (χ1v) is 12.8. The van der Waals surface area contributed by atoms with Gasteiger partial charge < -0.3 is 4.57 Å². The maximum atomic E-state index is 2.88. The minimum Gasteiger partial charge on any atom is -0.403 e. The standard InChI is InChI=1S/C15H31NSi2/c1-7-13-14(8-2)16(10-4)18(12-6)17(11-5)15(13)9-3/h18H,7-12H2,1-6H3. The lowest BCUT2D eigenvalue weighted by molar-refractivity contribution is 0.536. The molecule has 0 fully saturated rings. The van der Waals surface area contributed by atoms with Crippen LogP contribution in [-0.4, -0.2) is 32.7 Å². The number of hydrogen-bond acceptors (Lipinski definition) is 1. The van der Waals surface area contributed by atoms with Crippen LogP contribution in [0.3, 0.4) is 0 Å². The van der Waals surface area contributed by atoms with Crippen molar-refractivity contribution in [2.75, 3.05) is 6.54 Å². The second-order valence-corrected chi connectivity index (χ2v) is 14.0. The molecule has 0 saturated heterocycles. The molecule has 3 heteroatoms. The van der Waals surface area contributed by atoms with Gasteiger partial charge >= 0.3 is 0 Å². The molecule has 0 radical (unpaired) electrons. The van der Waals surface area contributed by atoms with E-state index < -0.39 is 8.48 Å². The Bertz CT molecular complexity index is 310. The van der Waals surface area contributed by atoms with E-state index in [1.807, 2.05) is 5.17 Å². The summed E-state index contributed by atoms with van der Waals surface area (Å²) >= 11 is 0. The summed E-state index contributed by atoms with van der Waals surface area (Å²) in [6.07, 6.45) is 3.81. The van der Waals surface area contributed by atoms with Crippen LogP contribution in [0, 0.1) is 0 Å². The molecule has 1 rings (SSSR count). The van der Waals surface area contributed by atoms with Gasteiger partial charge in [-0.15, -0.1) is 0 Å². The smallest absolute Gasteiger partial charge is 0.146 e. The van der Waals surface area contributed by atoms with Crippen LogP contribution < -0.4 is 0 Å². The summed E-state index contributed by atoms with van der Waals surface area (Å²) in [5.41, 5.74) is 3.48. The molecule has 18 heavy (non-hydrogen) atoms. The summed E-state index contributed by atoms with van der Waals surface area (Å²) < 4.78 is 2.88. The highest BCUT2D eigenvalue weighted by molar-refractivity contribution is 7.24. The fourth-order valence-electron chi connectivity index (χ4n) is 3.72. The summed E-state index contributed by atoms with van der Waals surface area (Å²) in [6, 6.07) is 2.91. The van der Waals surface area contributed by atoms with Gasteiger partial charge in [0.15, 0.2) is 0 Å². The monoisotopic (exact) mass is 281 g/mol. The normalized spacial score (nSPS) is 21.0. The second kappa shape index (κ2) is 7.44. The zero-order valence-electron chi connectivity index (χ0n) is 13.3. The Hall–Kier alpha value is -0.156. The number of allylic oxidation sites excluding steroid dienone is 2. The van der Waals surface area contributed by atoms with Crippen molar-refractivity contribution in [2.45, 2.75) is 72.9 Å². The summed E-state index contributed by atoms with van der Waals surface area (Å²) in [4.78, 5) is 0. The van der Waals surface area contributed by atoms with E-state index in [4.69, 9.17) is 0 Å². The number of rotatable bonds is 6. The summed E-state index contributed by atoms with van der Waals surface area (Å²) in [7, 11) is -0.904. The maximum Gasteiger partial charge on any atom is 0.146 e. The van der Waals surface area contributed by atoms with Gasteiger partial charge in [-0.2, -0.15) is 0 Å². The summed E-state index contributed by atoms with van der Waals surface area (Å²) in [5, 5.41) is 1.92. The van der Waals surface area contributed by atoms with Gasteiger partial charge in [-0.25, -0.2) is 0 Å². The van der Waals surface area contributed by atoms with Crippen LogP contribution in [0.4, 0.5) is 0 Å². The summed E-state index contributed by atoms with van der Waals surface area (Å²) in [5.74, 6) is 0. The second-order valence-electron chi connectivity index (χ2n) is 5.05. The third-order valence-corrected chi connectivity index (χ3v) is 16.4. The first-order valence-electron chi connectivity index (χ1n) is 7.90. The third-order valence-electron chi connectivity index (χ3n) is 4.38. The fourth-order valence-corrected chi connectivity index (χ4v) is 16.0. The predicted octanol–water partition coefficient (Wildman–Crippen LogP) is 3.90. The van der Waals surface area contributed by atoms with Gasteiger partial charge in [-0.3, -0.25) is 0 Å². The molecule has 1 nitrogen and oxygen atoms in total. The van der Waals surface area contributed by atoms with E-state index in [2.05, 4.69) is 46.1 Å². The molecule has 1 atom stereocenters. The van der Waals surface area contributed by atoms with E-state index in [0.717, 1.165) is 0 Å². The Morgan fingerprint density at radius 3 is 1.94 bits per heavy atom. The SMILES string of the molecule is CCC1=C(CC)N(CC)[SiH](CC)[Si](CC)=C1CC. The fraction of sp³-hybridized carbons (Fsp3) is 0.800. The number of nitrogens with zero attached hydrogens (tertiary/aromatic N) is 1. The van der Waals surface area contributed by atoms with Gasteiger partial charge in [-0.1, -0.05) is 39.8 Å². The zero-order valence-corrected chi connectivity index (χ0v) is 15.4. The minimum atomic E-state index is -0.698. The first-order chi connectivity index (χ1) is 8.69. The Labute approximate surface area is 117 Å². The van der Waals surface area contributed by atoms with E-state index in [0.29, 0.717) is 0 Å². The van der Waals surface area contributed by atoms with Gasteiger partial charge in [0.2, 0.25) is 0 Å². The quantitative estimate of drug-likeness (QED) is 0.668. The lowest BCUT2D eigenvalue weighted by atomic mass is 10.0. The van der Waals surface area contributed by atoms with Crippen LogP contribution in [0.5, 0.6) is 0 Å². The molecular weight excluding hydrogens is 250 g/mol. The summed E-state index contributed by atoms with van der Waals surface area (Å²) in [6.45, 7) is 15.6. The van der Waals surface area contributed by atoms with E-state index in [-0.39, 0.29) is 7.93 Å². The van der Waals surface area contributed by atoms with Crippen molar-refractivity contribution in [1.82, 2.24) is 4.57 Å². The van der Waals surface area contributed by atoms with E-state index in [1.165, 1.54) is 37.9 Å². The van der Waals surface area contributed by atoms with Gasteiger partial charge in [0.1, 0.15) is 8.48 Å². The van der Waals surface area contributed by atoms with Gasteiger partial charge in [-0.05, 0) is 43.8 Å². The molecule has 0 amide bonds. The number of hydrogen-bond donors (Lipinski definition) is 0. The van der Waals surface area contributed by atoms with Crippen molar-refractivity contribution in [3.63, 3.8) is 0 Å². The highest BCUT2D eigenvalue weighted by Crippen LogP contribution is 2.27. The van der Waals surface area contributed by atoms with Gasteiger partial charge in [0, 0.05) is 20.2 Å². The van der Waals surface area contributed by atoms with E-state index >= 15 is 0 Å². The predicted molar refractivity (Wildman–Crippen MR) is 89.2 cm³/mol. The van der Waals surface area contributed by atoms with Crippen molar-refractivity contribution in [3.05, 3.63) is 11.3 Å². The van der Waals surface area contributed by atoms with Gasteiger partial charge in [0.05, 0.1) is 0 Å². The molecule has 1 unspecified atom stereocenters. The van der Waals surface area contributed by atoms with Crippen molar-refractivity contribution in [2.24, 2.45) is 0 Å². The van der Waals surface area contributed by atoms with Crippen LogP contribution in [0.25, 0.3) is 0 Å². The lowest BCUT2D eigenvalue weighted by Crippen LogP contribution is -2.52. The molecule has 0 spiro atoms. The topological polar surface area (TPSA) is 3.24 Å². The molecule has 0 aromatic carbocycles. The van der Waals surface area contributed by atoms with Crippen LogP contribution >= 0.6 is 0 Å². The Morgan fingerprint density at radius 2 is 1.61 bits per heavy atom.